The molecule has 7 heteroatoms. The fourth-order valence-electron chi connectivity index (χ4n) is 3.24. The summed E-state index contributed by atoms with van der Waals surface area (Å²) >= 11 is 1.71. The molecule has 1 aromatic heterocycles. The van der Waals surface area contributed by atoms with Gasteiger partial charge in [0.15, 0.2) is 5.96 Å². The summed E-state index contributed by atoms with van der Waals surface area (Å²) in [4.78, 5) is 11.3. The Morgan fingerprint density at radius 1 is 1.30 bits per heavy atom. The number of aryl methyl sites for hydroxylation is 1. The van der Waals surface area contributed by atoms with E-state index in [2.05, 4.69) is 37.8 Å². The van der Waals surface area contributed by atoms with Crippen molar-refractivity contribution in [1.29, 1.82) is 0 Å². The van der Waals surface area contributed by atoms with Gasteiger partial charge in [-0.05, 0) is 37.0 Å². The van der Waals surface area contributed by atoms with Crippen molar-refractivity contribution in [2.45, 2.75) is 45.3 Å². The van der Waals surface area contributed by atoms with Gasteiger partial charge in [-0.2, -0.15) is 0 Å². The van der Waals surface area contributed by atoms with Crippen LogP contribution in [0.15, 0.2) is 34.6 Å². The molecule has 1 aromatic carbocycles. The number of nitrogens with one attached hydrogen (secondary N) is 2. The second-order valence-corrected chi connectivity index (χ2v) is 7.78. The van der Waals surface area contributed by atoms with E-state index in [4.69, 9.17) is 0 Å². The van der Waals surface area contributed by atoms with Crippen LogP contribution in [0.3, 0.4) is 0 Å². The lowest BCUT2D eigenvalue weighted by Crippen LogP contribution is -2.48. The molecule has 5 nitrogen and oxygen atoms in total. The van der Waals surface area contributed by atoms with Crippen LogP contribution in [0.25, 0.3) is 0 Å². The van der Waals surface area contributed by atoms with Crippen LogP contribution < -0.4 is 10.6 Å². The van der Waals surface area contributed by atoms with Crippen molar-refractivity contribution in [1.82, 2.24) is 20.5 Å². The Kier molecular flexibility index (Phi) is 7.18. The van der Waals surface area contributed by atoms with E-state index in [1.54, 1.807) is 18.4 Å². The molecule has 2 aromatic rings. The van der Waals surface area contributed by atoms with Gasteiger partial charge in [0.2, 0.25) is 0 Å². The Hall–Kier alpha value is -1.99. The minimum absolute atomic E-state index is 0.177. The lowest BCUT2D eigenvalue weighted by Gasteiger charge is -2.33. The zero-order valence-corrected chi connectivity index (χ0v) is 16.9. The number of likely N-dealkylation sites (tertiary alicyclic amines) is 1. The van der Waals surface area contributed by atoms with Gasteiger partial charge in [0.05, 0.1) is 17.2 Å². The first-order valence-corrected chi connectivity index (χ1v) is 10.4. The Morgan fingerprint density at radius 3 is 2.67 bits per heavy atom. The number of thiazole rings is 1. The van der Waals surface area contributed by atoms with Crippen LogP contribution in [0.2, 0.25) is 0 Å². The molecule has 146 valence electrons. The number of hydrogen-bond acceptors (Lipinski definition) is 4. The van der Waals surface area contributed by atoms with Gasteiger partial charge in [-0.15, -0.1) is 11.3 Å². The molecule has 0 saturated carbocycles. The van der Waals surface area contributed by atoms with Gasteiger partial charge >= 0.3 is 0 Å². The first-order chi connectivity index (χ1) is 13.2. The number of hydrogen-bond donors (Lipinski definition) is 2. The summed E-state index contributed by atoms with van der Waals surface area (Å²) in [6.07, 6.45) is 3.12. The second kappa shape index (κ2) is 9.80. The summed E-state index contributed by atoms with van der Waals surface area (Å²) in [5, 5.41) is 10.2. The fourth-order valence-corrected chi connectivity index (χ4v) is 3.98. The number of aromatic nitrogens is 1. The SMILES string of the molecule is CCc1nc(CNC(=NC)NC2CCN(Cc3ccc(F)cc3)CC2)cs1. The lowest BCUT2D eigenvalue weighted by molar-refractivity contribution is 0.198. The van der Waals surface area contributed by atoms with E-state index in [1.165, 1.54) is 17.1 Å². The fraction of sp³-hybridized carbons (Fsp3) is 0.500. The van der Waals surface area contributed by atoms with Gasteiger partial charge in [-0.25, -0.2) is 9.37 Å². The molecular formula is C20H28FN5S. The maximum atomic E-state index is 13.0. The Bertz CT molecular complexity index is 735. The van der Waals surface area contributed by atoms with Gasteiger partial charge in [0.1, 0.15) is 5.82 Å². The molecular weight excluding hydrogens is 361 g/mol. The number of guanidine groups is 1. The van der Waals surface area contributed by atoms with Crippen LogP contribution in [0, 0.1) is 5.82 Å². The predicted molar refractivity (Wildman–Crippen MR) is 110 cm³/mol. The molecule has 1 fully saturated rings. The van der Waals surface area contributed by atoms with Crippen LogP contribution in [0.5, 0.6) is 0 Å². The molecule has 1 aliphatic rings. The molecule has 0 amide bonds. The molecule has 3 rings (SSSR count). The Morgan fingerprint density at radius 2 is 2.04 bits per heavy atom. The average molecular weight is 390 g/mol. The van der Waals surface area contributed by atoms with Crippen molar-refractivity contribution in [3.8, 4) is 0 Å². The van der Waals surface area contributed by atoms with E-state index < -0.39 is 0 Å². The standard InChI is InChI=1S/C20H28FN5S/c1-3-19-24-18(14-27-19)12-23-20(22-2)25-17-8-10-26(11-9-17)13-15-4-6-16(21)7-5-15/h4-7,14,17H,3,8-13H2,1-2H3,(H2,22,23,25). The number of nitrogens with zero attached hydrogens (tertiary/aromatic N) is 3. The number of aliphatic imine (C=N–C) groups is 1. The zero-order valence-electron chi connectivity index (χ0n) is 16.0. The normalized spacial score (nSPS) is 16.5. The summed E-state index contributed by atoms with van der Waals surface area (Å²) < 4.78 is 13.0. The van der Waals surface area contributed by atoms with E-state index in [9.17, 15) is 4.39 Å². The highest BCUT2D eigenvalue weighted by Crippen LogP contribution is 2.14. The quantitative estimate of drug-likeness (QED) is 0.589. The summed E-state index contributed by atoms with van der Waals surface area (Å²) in [5.74, 6) is 0.655. The van der Waals surface area contributed by atoms with Gasteiger partial charge in [-0.1, -0.05) is 19.1 Å². The minimum Gasteiger partial charge on any atom is -0.354 e. The molecule has 0 atom stereocenters. The number of piperidine rings is 1. The third-order valence-corrected chi connectivity index (χ3v) is 5.85. The van der Waals surface area contributed by atoms with Crippen molar-refractivity contribution >= 4 is 17.3 Å². The third kappa shape index (κ3) is 6.01. The van der Waals surface area contributed by atoms with Crippen molar-refractivity contribution in [3.05, 3.63) is 51.7 Å². The van der Waals surface area contributed by atoms with E-state index in [-0.39, 0.29) is 5.82 Å². The molecule has 1 aliphatic heterocycles. The Labute approximate surface area is 164 Å². The third-order valence-electron chi connectivity index (χ3n) is 4.81. The molecule has 0 aliphatic carbocycles. The number of halogens is 1. The van der Waals surface area contributed by atoms with Crippen molar-refractivity contribution < 1.29 is 4.39 Å². The van der Waals surface area contributed by atoms with Crippen LogP contribution in [-0.2, 0) is 19.5 Å². The largest absolute Gasteiger partial charge is 0.354 e. The zero-order chi connectivity index (χ0) is 19.1. The molecule has 0 bridgehead atoms. The first-order valence-electron chi connectivity index (χ1n) is 9.53. The predicted octanol–water partition coefficient (Wildman–Crippen LogP) is 3.17. The molecule has 0 spiro atoms. The molecule has 2 N–H and O–H groups in total. The van der Waals surface area contributed by atoms with E-state index in [0.29, 0.717) is 12.6 Å². The molecule has 0 unspecified atom stereocenters. The van der Waals surface area contributed by atoms with Crippen molar-refractivity contribution in [2.24, 2.45) is 4.99 Å². The van der Waals surface area contributed by atoms with Crippen LogP contribution >= 0.6 is 11.3 Å². The highest BCUT2D eigenvalue weighted by Gasteiger charge is 2.20. The highest BCUT2D eigenvalue weighted by atomic mass is 32.1. The monoisotopic (exact) mass is 389 g/mol. The van der Waals surface area contributed by atoms with Gasteiger partial charge in [-0.3, -0.25) is 9.89 Å². The summed E-state index contributed by atoms with van der Waals surface area (Å²) in [7, 11) is 1.80. The number of benzene rings is 1. The highest BCUT2D eigenvalue weighted by molar-refractivity contribution is 7.09. The van der Waals surface area contributed by atoms with E-state index >= 15 is 0 Å². The van der Waals surface area contributed by atoms with Gasteiger partial charge in [0.25, 0.3) is 0 Å². The second-order valence-electron chi connectivity index (χ2n) is 6.83. The van der Waals surface area contributed by atoms with Gasteiger partial charge < -0.3 is 10.6 Å². The first kappa shape index (κ1) is 19.8. The average Bonchev–Trinajstić information content (AvgIpc) is 3.16. The number of rotatable bonds is 6. The van der Waals surface area contributed by atoms with Crippen molar-refractivity contribution in [3.63, 3.8) is 0 Å². The molecule has 1 saturated heterocycles. The van der Waals surface area contributed by atoms with E-state index in [0.717, 1.165) is 56.1 Å². The summed E-state index contributed by atoms with van der Waals surface area (Å²) in [5.41, 5.74) is 2.23. The molecule has 27 heavy (non-hydrogen) atoms. The summed E-state index contributed by atoms with van der Waals surface area (Å²) in [6.45, 7) is 5.75. The minimum atomic E-state index is -0.177. The summed E-state index contributed by atoms with van der Waals surface area (Å²) in [6, 6.07) is 7.22. The van der Waals surface area contributed by atoms with Crippen molar-refractivity contribution in [2.75, 3.05) is 20.1 Å². The molecule has 0 radical (unpaired) electrons. The maximum absolute atomic E-state index is 13.0. The topological polar surface area (TPSA) is 52.6 Å². The smallest absolute Gasteiger partial charge is 0.191 e. The van der Waals surface area contributed by atoms with E-state index in [1.807, 2.05) is 12.1 Å². The van der Waals surface area contributed by atoms with Crippen LogP contribution in [0.4, 0.5) is 4.39 Å². The molecule has 2 heterocycles. The van der Waals surface area contributed by atoms with Gasteiger partial charge in [0, 0.05) is 38.1 Å². The lowest BCUT2D eigenvalue weighted by atomic mass is 10.0. The maximum Gasteiger partial charge on any atom is 0.191 e. The van der Waals surface area contributed by atoms with Crippen LogP contribution in [-0.4, -0.2) is 42.0 Å². The van der Waals surface area contributed by atoms with Crippen LogP contribution in [0.1, 0.15) is 36.0 Å². The Balaban J connectivity index is 1.41.